The number of piperazine rings is 1. The first-order valence-corrected chi connectivity index (χ1v) is 13.5. The molecule has 0 bridgehead atoms. The van der Waals surface area contributed by atoms with Crippen molar-refractivity contribution in [1.29, 1.82) is 5.26 Å². The van der Waals surface area contributed by atoms with Crippen molar-refractivity contribution >= 4 is 33.2 Å². The molecule has 190 valence electrons. The van der Waals surface area contributed by atoms with Crippen molar-refractivity contribution < 1.29 is 17.9 Å². The number of halogens is 1. The smallest absolute Gasteiger partial charge is 0.266 e. The Bertz CT molecular complexity index is 1250. The van der Waals surface area contributed by atoms with Gasteiger partial charge in [0, 0.05) is 52.0 Å². The van der Waals surface area contributed by atoms with E-state index in [1.54, 1.807) is 4.90 Å². The summed E-state index contributed by atoms with van der Waals surface area (Å²) in [5, 5.41) is 12.7. The summed E-state index contributed by atoms with van der Waals surface area (Å²) >= 11 is 6.27. The number of nitrogens with zero attached hydrogens (tertiary/aromatic N) is 4. The predicted molar refractivity (Wildman–Crippen MR) is 137 cm³/mol. The van der Waals surface area contributed by atoms with Crippen molar-refractivity contribution in [2.45, 2.75) is 11.4 Å². The summed E-state index contributed by atoms with van der Waals surface area (Å²) in [5.74, 6) is -0.377. The molecule has 2 heterocycles. The summed E-state index contributed by atoms with van der Waals surface area (Å²) in [6.45, 7) is 4.49. The zero-order valence-electron chi connectivity index (χ0n) is 19.8. The van der Waals surface area contributed by atoms with E-state index in [1.807, 2.05) is 24.3 Å². The van der Waals surface area contributed by atoms with Crippen molar-refractivity contribution in [3.05, 3.63) is 70.9 Å². The van der Waals surface area contributed by atoms with Gasteiger partial charge < -0.3 is 15.0 Å². The van der Waals surface area contributed by atoms with Gasteiger partial charge >= 0.3 is 0 Å². The second-order valence-electron chi connectivity index (χ2n) is 8.53. The van der Waals surface area contributed by atoms with Gasteiger partial charge in [-0.1, -0.05) is 41.9 Å². The van der Waals surface area contributed by atoms with Crippen molar-refractivity contribution in [2.24, 2.45) is 0 Å². The Kier molecular flexibility index (Phi) is 8.61. The van der Waals surface area contributed by atoms with Crippen molar-refractivity contribution in [2.75, 3.05) is 57.8 Å². The van der Waals surface area contributed by atoms with Crippen LogP contribution in [0.3, 0.4) is 0 Å². The minimum atomic E-state index is -3.72. The van der Waals surface area contributed by atoms with Gasteiger partial charge in [-0.15, -0.1) is 0 Å². The van der Waals surface area contributed by atoms with E-state index in [0.717, 1.165) is 6.54 Å². The number of hydrogen-bond acceptors (Lipinski definition) is 7. The molecule has 11 heteroatoms. The molecule has 2 saturated heterocycles. The lowest BCUT2D eigenvalue weighted by Gasteiger charge is -2.34. The van der Waals surface area contributed by atoms with Crippen molar-refractivity contribution in [1.82, 2.24) is 14.1 Å². The van der Waals surface area contributed by atoms with Gasteiger partial charge in [-0.2, -0.15) is 9.57 Å². The zero-order valence-corrected chi connectivity index (χ0v) is 21.3. The Balaban J connectivity index is 1.40. The number of sulfonamides is 1. The highest BCUT2D eigenvalue weighted by Crippen LogP contribution is 2.27. The van der Waals surface area contributed by atoms with Crippen LogP contribution in [-0.2, 0) is 26.1 Å². The molecular formula is C25H28ClN5O4S. The van der Waals surface area contributed by atoms with Crippen LogP contribution in [0.5, 0.6) is 0 Å². The van der Waals surface area contributed by atoms with Crippen LogP contribution < -0.4 is 5.32 Å². The monoisotopic (exact) mass is 529 g/mol. The highest BCUT2D eigenvalue weighted by molar-refractivity contribution is 7.89. The van der Waals surface area contributed by atoms with Gasteiger partial charge in [0.1, 0.15) is 11.6 Å². The van der Waals surface area contributed by atoms with Gasteiger partial charge in [-0.25, -0.2) is 8.42 Å². The van der Waals surface area contributed by atoms with E-state index < -0.39 is 10.0 Å². The van der Waals surface area contributed by atoms with Crippen LogP contribution in [0.25, 0.3) is 0 Å². The third-order valence-electron chi connectivity index (χ3n) is 6.18. The minimum absolute atomic E-state index is 0.0732. The summed E-state index contributed by atoms with van der Waals surface area (Å²) in [7, 11) is -3.72. The maximum absolute atomic E-state index is 13.0. The van der Waals surface area contributed by atoms with E-state index in [2.05, 4.69) is 22.3 Å². The molecular weight excluding hydrogens is 502 g/mol. The number of ether oxygens (including phenoxy) is 1. The predicted octanol–water partition coefficient (Wildman–Crippen LogP) is 2.52. The number of hydrogen-bond donors (Lipinski definition) is 1. The molecule has 0 radical (unpaired) electrons. The number of amides is 1. The first kappa shape index (κ1) is 26.1. The van der Waals surface area contributed by atoms with E-state index in [-0.39, 0.29) is 34.5 Å². The molecule has 2 aliphatic rings. The van der Waals surface area contributed by atoms with Crippen molar-refractivity contribution in [3.63, 3.8) is 0 Å². The third kappa shape index (κ3) is 6.24. The fourth-order valence-electron chi connectivity index (χ4n) is 4.12. The highest BCUT2D eigenvalue weighted by atomic mass is 35.5. The number of nitriles is 1. The molecule has 1 amide bonds. The molecule has 0 aromatic heterocycles. The van der Waals surface area contributed by atoms with Gasteiger partial charge in [0.2, 0.25) is 10.0 Å². The molecule has 1 N–H and O–H groups in total. The van der Waals surface area contributed by atoms with Crippen LogP contribution in [-0.4, -0.2) is 80.9 Å². The van der Waals surface area contributed by atoms with Gasteiger partial charge in [0.05, 0.1) is 28.8 Å². The molecule has 4 rings (SSSR count). The second-order valence-corrected chi connectivity index (χ2v) is 10.9. The van der Waals surface area contributed by atoms with Gasteiger partial charge in [0.25, 0.3) is 5.91 Å². The summed E-state index contributed by atoms with van der Waals surface area (Å²) in [5.41, 5.74) is 1.43. The maximum Gasteiger partial charge on any atom is 0.266 e. The van der Waals surface area contributed by atoms with E-state index in [4.69, 9.17) is 16.3 Å². The van der Waals surface area contributed by atoms with Gasteiger partial charge in [0.15, 0.2) is 0 Å². The van der Waals surface area contributed by atoms with Crippen molar-refractivity contribution in [3.8, 4) is 6.07 Å². The third-order valence-corrected chi connectivity index (χ3v) is 8.40. The lowest BCUT2D eigenvalue weighted by molar-refractivity contribution is -0.128. The SMILES string of the molecule is N#C/C(=C/Nc1cc(S(=O)(=O)N2CCOCC2)ccc1Cl)C(=O)N1CCN(Cc2ccccc2)CC1. The Morgan fingerprint density at radius 1 is 1.06 bits per heavy atom. The summed E-state index contributed by atoms with van der Waals surface area (Å²) < 4.78 is 32.5. The van der Waals surface area contributed by atoms with E-state index >= 15 is 0 Å². The van der Waals surface area contributed by atoms with Crippen LogP contribution in [0, 0.1) is 11.3 Å². The molecule has 0 unspecified atom stereocenters. The lowest BCUT2D eigenvalue weighted by atomic mass is 10.2. The normalized spacial score (nSPS) is 18.0. The number of carbonyl (C=O) groups excluding carboxylic acids is 1. The molecule has 0 saturated carbocycles. The topological polar surface area (TPSA) is 106 Å². The Morgan fingerprint density at radius 3 is 2.42 bits per heavy atom. The Hall–Kier alpha value is -2.94. The summed E-state index contributed by atoms with van der Waals surface area (Å²) in [4.78, 5) is 17.0. The lowest BCUT2D eigenvalue weighted by Crippen LogP contribution is -2.48. The number of rotatable bonds is 7. The summed E-state index contributed by atoms with van der Waals surface area (Å²) in [6, 6.07) is 16.4. The van der Waals surface area contributed by atoms with Gasteiger partial charge in [-0.05, 0) is 23.8 Å². The van der Waals surface area contributed by atoms with Gasteiger partial charge in [-0.3, -0.25) is 9.69 Å². The second kappa shape index (κ2) is 11.9. The number of carbonyl (C=O) groups is 1. The fraction of sp³-hybridized carbons (Fsp3) is 0.360. The number of benzene rings is 2. The number of morpholine rings is 1. The molecule has 0 spiro atoms. The van der Waals surface area contributed by atoms with Crippen LogP contribution >= 0.6 is 11.6 Å². The molecule has 2 aromatic carbocycles. The molecule has 9 nitrogen and oxygen atoms in total. The van der Waals surface area contributed by atoms with Crippen LogP contribution in [0.15, 0.2) is 65.2 Å². The average Bonchev–Trinajstić information content (AvgIpc) is 2.91. The molecule has 0 atom stereocenters. The molecule has 2 fully saturated rings. The van der Waals surface area contributed by atoms with Crippen LogP contribution in [0.1, 0.15) is 5.56 Å². The average molecular weight is 530 g/mol. The van der Waals surface area contributed by atoms with Crippen LogP contribution in [0.2, 0.25) is 5.02 Å². The number of anilines is 1. The van der Waals surface area contributed by atoms with E-state index in [0.29, 0.717) is 45.1 Å². The summed E-state index contributed by atoms with van der Waals surface area (Å²) in [6.07, 6.45) is 1.28. The standard InChI is InChI=1S/C25H28ClN5O4S/c26-23-7-6-22(36(33,34)31-12-14-35-15-13-31)16-24(23)28-18-21(17-27)25(32)30-10-8-29(9-11-30)19-20-4-2-1-3-5-20/h1-7,16,18,28H,8-15,19H2/b21-18-. The maximum atomic E-state index is 13.0. The van der Waals surface area contributed by atoms with E-state index in [9.17, 15) is 18.5 Å². The van der Waals surface area contributed by atoms with E-state index in [1.165, 1.54) is 34.3 Å². The molecule has 2 aromatic rings. The molecule has 0 aliphatic carbocycles. The highest BCUT2D eigenvalue weighted by Gasteiger charge is 2.27. The Labute approximate surface area is 216 Å². The first-order valence-electron chi connectivity index (χ1n) is 11.7. The van der Waals surface area contributed by atoms with Crippen LogP contribution in [0.4, 0.5) is 5.69 Å². The molecule has 36 heavy (non-hydrogen) atoms. The quantitative estimate of drug-likeness (QED) is 0.434. The Morgan fingerprint density at radius 2 is 1.75 bits per heavy atom. The largest absolute Gasteiger partial charge is 0.379 e. The number of nitrogens with one attached hydrogen (secondary N) is 1. The fourth-order valence-corrected chi connectivity index (χ4v) is 5.73. The molecule has 2 aliphatic heterocycles. The first-order chi connectivity index (χ1) is 17.4. The zero-order chi connectivity index (χ0) is 25.5. The minimum Gasteiger partial charge on any atom is -0.379 e.